The maximum absolute atomic E-state index is 12.8. The Balaban J connectivity index is 1.56. The summed E-state index contributed by atoms with van der Waals surface area (Å²) in [6.07, 6.45) is 9.45. The van der Waals surface area contributed by atoms with Gasteiger partial charge in [0.05, 0.1) is 5.75 Å². The van der Waals surface area contributed by atoms with Crippen molar-refractivity contribution in [1.82, 2.24) is 24.6 Å². The molecule has 150 valence electrons. The van der Waals surface area contributed by atoms with E-state index in [0.29, 0.717) is 17.0 Å². The zero-order valence-corrected chi connectivity index (χ0v) is 17.4. The normalized spacial score (nSPS) is 14.7. The number of amides is 1. The van der Waals surface area contributed by atoms with E-state index in [4.69, 9.17) is 0 Å². The first-order valence-electron chi connectivity index (χ1n) is 10.0. The minimum absolute atomic E-state index is 0.146. The fourth-order valence-corrected chi connectivity index (χ4v) is 4.63. The van der Waals surface area contributed by atoms with Crippen LogP contribution in [0.3, 0.4) is 0 Å². The predicted octanol–water partition coefficient (Wildman–Crippen LogP) is 4.21. The molecule has 2 heterocycles. The number of para-hydroxylation sites is 1. The van der Waals surface area contributed by atoms with Crippen LogP contribution in [0.25, 0.3) is 17.1 Å². The third-order valence-electron chi connectivity index (χ3n) is 5.41. The van der Waals surface area contributed by atoms with Crippen LogP contribution in [-0.4, -0.2) is 49.4 Å². The fourth-order valence-electron chi connectivity index (χ4n) is 3.76. The van der Waals surface area contributed by atoms with Crippen LogP contribution in [0.5, 0.6) is 0 Å². The Morgan fingerprint density at radius 3 is 2.62 bits per heavy atom. The lowest BCUT2D eigenvalue weighted by Gasteiger charge is -2.31. The Kier molecular flexibility index (Phi) is 6.24. The first kappa shape index (κ1) is 19.6. The Morgan fingerprint density at radius 2 is 1.90 bits per heavy atom. The summed E-state index contributed by atoms with van der Waals surface area (Å²) in [6, 6.07) is 14.2. The first-order chi connectivity index (χ1) is 14.2. The van der Waals surface area contributed by atoms with Crippen molar-refractivity contribution in [3.63, 3.8) is 0 Å². The summed E-state index contributed by atoms with van der Waals surface area (Å²) in [7, 11) is 1.93. The van der Waals surface area contributed by atoms with Gasteiger partial charge in [-0.2, -0.15) is 0 Å². The largest absolute Gasteiger partial charge is 0.342 e. The highest BCUT2D eigenvalue weighted by Gasteiger charge is 2.23. The van der Waals surface area contributed by atoms with Crippen LogP contribution in [0, 0.1) is 0 Å². The quantitative estimate of drug-likeness (QED) is 0.573. The molecule has 0 aliphatic heterocycles. The molecule has 0 atom stereocenters. The third-order valence-corrected chi connectivity index (χ3v) is 6.32. The smallest absolute Gasteiger partial charge is 0.233 e. The van der Waals surface area contributed by atoms with Crippen LogP contribution in [-0.2, 0) is 4.79 Å². The van der Waals surface area contributed by atoms with E-state index in [-0.39, 0.29) is 5.91 Å². The molecule has 0 spiro atoms. The van der Waals surface area contributed by atoms with Crippen LogP contribution in [0.15, 0.2) is 60.0 Å². The molecule has 0 N–H and O–H groups in total. The van der Waals surface area contributed by atoms with E-state index >= 15 is 0 Å². The second-order valence-electron chi connectivity index (χ2n) is 7.30. The van der Waals surface area contributed by atoms with Gasteiger partial charge in [0.25, 0.3) is 0 Å². The van der Waals surface area contributed by atoms with Crippen LogP contribution < -0.4 is 0 Å². The maximum Gasteiger partial charge on any atom is 0.233 e. The standard InChI is InChI=1S/C22H25N5OS/c1-26(18-10-4-2-5-11-18)20(28)16-29-22-25-24-21(17-9-8-14-23-15-17)27(22)19-12-6-3-7-13-19/h3,6-9,12-15,18H,2,4-5,10-11,16H2,1H3. The first-order valence-corrected chi connectivity index (χ1v) is 11.0. The van der Waals surface area contributed by atoms with E-state index in [9.17, 15) is 4.79 Å². The predicted molar refractivity (Wildman–Crippen MR) is 115 cm³/mol. The number of benzene rings is 1. The molecule has 7 heteroatoms. The van der Waals surface area contributed by atoms with Gasteiger partial charge in [0, 0.05) is 36.7 Å². The summed E-state index contributed by atoms with van der Waals surface area (Å²) < 4.78 is 2.00. The summed E-state index contributed by atoms with van der Waals surface area (Å²) in [5.74, 6) is 1.22. The van der Waals surface area contributed by atoms with Crippen molar-refractivity contribution < 1.29 is 4.79 Å². The lowest BCUT2D eigenvalue weighted by atomic mass is 9.94. The van der Waals surface area contributed by atoms with Gasteiger partial charge in [-0.25, -0.2) is 0 Å². The molecule has 1 saturated carbocycles. The summed E-state index contributed by atoms with van der Waals surface area (Å²) >= 11 is 1.44. The van der Waals surface area contributed by atoms with Crippen LogP contribution >= 0.6 is 11.8 Å². The maximum atomic E-state index is 12.8. The van der Waals surface area contributed by atoms with Gasteiger partial charge in [0.1, 0.15) is 0 Å². The van der Waals surface area contributed by atoms with Crippen molar-refractivity contribution in [1.29, 1.82) is 0 Å². The van der Waals surface area contributed by atoms with Gasteiger partial charge >= 0.3 is 0 Å². The number of rotatable bonds is 6. The summed E-state index contributed by atoms with van der Waals surface area (Å²) in [6.45, 7) is 0. The van der Waals surface area contributed by atoms with Gasteiger partial charge in [-0.05, 0) is 37.1 Å². The topological polar surface area (TPSA) is 63.9 Å². The number of carbonyl (C=O) groups excluding carboxylic acids is 1. The molecular weight excluding hydrogens is 382 g/mol. The highest BCUT2D eigenvalue weighted by Crippen LogP contribution is 2.28. The molecule has 3 aromatic rings. The Hall–Kier alpha value is -2.67. The molecule has 0 unspecified atom stereocenters. The molecule has 2 aromatic heterocycles. The van der Waals surface area contributed by atoms with E-state index < -0.39 is 0 Å². The zero-order chi connectivity index (χ0) is 20.1. The van der Waals surface area contributed by atoms with E-state index in [2.05, 4.69) is 15.2 Å². The average molecular weight is 408 g/mol. The van der Waals surface area contributed by atoms with Gasteiger partial charge in [0.15, 0.2) is 11.0 Å². The third kappa shape index (κ3) is 4.50. The van der Waals surface area contributed by atoms with Gasteiger partial charge in [0.2, 0.25) is 5.91 Å². The molecule has 1 aliphatic rings. The molecule has 1 fully saturated rings. The van der Waals surface area contributed by atoms with Crippen LogP contribution in [0.4, 0.5) is 0 Å². The van der Waals surface area contributed by atoms with Crippen molar-refractivity contribution in [2.45, 2.75) is 43.3 Å². The number of aromatic nitrogens is 4. The Bertz CT molecular complexity index is 938. The Labute approximate surface area is 175 Å². The molecule has 1 aromatic carbocycles. The number of pyridine rings is 1. The van der Waals surface area contributed by atoms with Crippen molar-refractivity contribution in [2.24, 2.45) is 0 Å². The summed E-state index contributed by atoms with van der Waals surface area (Å²) in [5.41, 5.74) is 1.85. The van der Waals surface area contributed by atoms with E-state index in [1.807, 2.05) is 59.0 Å². The van der Waals surface area contributed by atoms with E-state index in [1.165, 1.54) is 31.0 Å². The Morgan fingerprint density at radius 1 is 1.10 bits per heavy atom. The number of hydrogen-bond acceptors (Lipinski definition) is 5. The SMILES string of the molecule is CN(C(=O)CSc1nnc(-c2cccnc2)n1-c1ccccc1)C1CCCCC1. The second-order valence-corrected chi connectivity index (χ2v) is 8.25. The van der Waals surface area contributed by atoms with E-state index in [1.54, 1.807) is 12.4 Å². The van der Waals surface area contributed by atoms with Crippen molar-refractivity contribution in [3.05, 3.63) is 54.9 Å². The average Bonchev–Trinajstić information content (AvgIpc) is 3.22. The molecule has 0 saturated heterocycles. The van der Waals surface area contributed by atoms with Crippen molar-refractivity contribution in [2.75, 3.05) is 12.8 Å². The van der Waals surface area contributed by atoms with Gasteiger partial charge < -0.3 is 4.90 Å². The molecule has 1 amide bonds. The molecular formula is C22H25N5OS. The second kappa shape index (κ2) is 9.22. The minimum atomic E-state index is 0.146. The molecule has 0 bridgehead atoms. The van der Waals surface area contributed by atoms with Crippen LogP contribution in [0.1, 0.15) is 32.1 Å². The van der Waals surface area contributed by atoms with E-state index in [0.717, 1.165) is 29.9 Å². The summed E-state index contributed by atoms with van der Waals surface area (Å²) in [5, 5.41) is 9.50. The molecule has 0 radical (unpaired) electrons. The lowest BCUT2D eigenvalue weighted by Crippen LogP contribution is -2.39. The number of thioether (sulfide) groups is 1. The highest BCUT2D eigenvalue weighted by atomic mass is 32.2. The highest BCUT2D eigenvalue weighted by molar-refractivity contribution is 7.99. The molecule has 1 aliphatic carbocycles. The van der Waals surface area contributed by atoms with Gasteiger partial charge in [-0.3, -0.25) is 14.3 Å². The molecule has 29 heavy (non-hydrogen) atoms. The minimum Gasteiger partial charge on any atom is -0.342 e. The monoisotopic (exact) mass is 407 g/mol. The fraction of sp³-hybridized carbons (Fsp3) is 0.364. The number of hydrogen-bond donors (Lipinski definition) is 0. The molecule has 6 nitrogen and oxygen atoms in total. The van der Waals surface area contributed by atoms with Gasteiger partial charge in [-0.1, -0.05) is 49.2 Å². The van der Waals surface area contributed by atoms with Crippen molar-refractivity contribution >= 4 is 17.7 Å². The van der Waals surface area contributed by atoms with Crippen LogP contribution in [0.2, 0.25) is 0 Å². The summed E-state index contributed by atoms with van der Waals surface area (Å²) in [4.78, 5) is 18.9. The van der Waals surface area contributed by atoms with Crippen molar-refractivity contribution in [3.8, 4) is 17.1 Å². The number of carbonyl (C=O) groups is 1. The zero-order valence-electron chi connectivity index (χ0n) is 16.6. The lowest BCUT2D eigenvalue weighted by molar-refractivity contribution is -0.129. The number of nitrogens with zero attached hydrogens (tertiary/aromatic N) is 5. The molecule has 4 rings (SSSR count). The van der Waals surface area contributed by atoms with Gasteiger partial charge in [-0.15, -0.1) is 10.2 Å².